The molecule has 6 nitrogen and oxygen atoms in total. The Morgan fingerprint density at radius 3 is 2.67 bits per heavy atom. The van der Waals surface area contributed by atoms with Crippen molar-refractivity contribution in [3.05, 3.63) is 94.5 Å². The number of hydrogen-bond donors (Lipinski definition) is 2. The van der Waals surface area contributed by atoms with Gasteiger partial charge in [-0.15, -0.1) is 0 Å². The molecule has 2 heterocycles. The quantitative estimate of drug-likeness (QED) is 0.556. The number of fused-ring (bicyclic) bond motifs is 4. The molecule has 0 spiro atoms. The summed E-state index contributed by atoms with van der Waals surface area (Å²) in [6.07, 6.45) is 1.34. The van der Waals surface area contributed by atoms with Gasteiger partial charge in [0, 0.05) is 34.8 Å². The molecule has 2 unspecified atom stereocenters. The van der Waals surface area contributed by atoms with Crippen molar-refractivity contribution in [2.24, 2.45) is 0 Å². The number of benzene rings is 3. The predicted octanol–water partition coefficient (Wildman–Crippen LogP) is 5.08. The zero-order chi connectivity index (χ0) is 23.0. The number of ether oxygens (including phenoxy) is 1. The number of halogens is 1. The number of carbonyl (C=O) groups is 2. The van der Waals surface area contributed by atoms with Gasteiger partial charge in [0.05, 0.1) is 6.04 Å². The smallest absolute Gasteiger partial charge is 0.325 e. The molecule has 5 rings (SSSR count). The molecule has 2 atom stereocenters. The van der Waals surface area contributed by atoms with E-state index in [1.54, 1.807) is 35.2 Å². The molecule has 168 valence electrons. The predicted molar refractivity (Wildman–Crippen MR) is 128 cm³/mol. The van der Waals surface area contributed by atoms with E-state index in [1.807, 2.05) is 49.4 Å². The van der Waals surface area contributed by atoms with Gasteiger partial charge in [0.1, 0.15) is 5.75 Å². The third-order valence-corrected chi connectivity index (χ3v) is 6.40. The molecule has 1 fully saturated rings. The fourth-order valence-electron chi connectivity index (χ4n) is 4.57. The average Bonchev–Trinajstić information content (AvgIpc) is 2.80. The number of nitrogens with zero attached hydrogens (tertiary/aromatic N) is 1. The number of urea groups is 1. The van der Waals surface area contributed by atoms with Gasteiger partial charge in [-0.1, -0.05) is 41.9 Å². The SMILES string of the molecule is CC12CC(NC(=O)N1c1ccc(C(=O)NCCc3ccccc3)cc1)c1cc(Cl)ccc1O2. The molecule has 0 aliphatic carbocycles. The molecule has 3 aromatic carbocycles. The molecular weight excluding hydrogens is 438 g/mol. The lowest BCUT2D eigenvalue weighted by molar-refractivity contribution is 0.0379. The molecule has 33 heavy (non-hydrogen) atoms. The van der Waals surface area contributed by atoms with E-state index in [4.69, 9.17) is 16.3 Å². The molecule has 7 heteroatoms. The molecule has 0 radical (unpaired) electrons. The van der Waals surface area contributed by atoms with Crippen molar-refractivity contribution in [1.82, 2.24) is 10.6 Å². The second kappa shape index (κ2) is 8.45. The first-order chi connectivity index (χ1) is 15.9. The summed E-state index contributed by atoms with van der Waals surface area (Å²) in [5.74, 6) is 0.559. The number of nitrogens with one attached hydrogen (secondary N) is 2. The van der Waals surface area contributed by atoms with E-state index in [2.05, 4.69) is 10.6 Å². The molecule has 1 saturated heterocycles. The average molecular weight is 462 g/mol. The van der Waals surface area contributed by atoms with Crippen molar-refractivity contribution in [2.45, 2.75) is 31.5 Å². The Hall–Kier alpha value is -3.51. The number of amides is 3. The van der Waals surface area contributed by atoms with E-state index in [0.717, 1.165) is 12.0 Å². The summed E-state index contributed by atoms with van der Waals surface area (Å²) in [5, 5.41) is 6.61. The van der Waals surface area contributed by atoms with E-state index in [0.29, 0.717) is 35.0 Å². The first-order valence-electron chi connectivity index (χ1n) is 10.9. The van der Waals surface area contributed by atoms with Crippen LogP contribution in [0.5, 0.6) is 5.75 Å². The van der Waals surface area contributed by atoms with Crippen LogP contribution in [0.15, 0.2) is 72.8 Å². The molecule has 2 aliphatic rings. The summed E-state index contributed by atoms with van der Waals surface area (Å²) in [5.41, 5.74) is 2.40. The van der Waals surface area contributed by atoms with Gasteiger partial charge < -0.3 is 15.4 Å². The Bertz CT molecular complexity index is 1200. The Balaban J connectivity index is 1.30. The van der Waals surface area contributed by atoms with Gasteiger partial charge in [0.2, 0.25) is 0 Å². The van der Waals surface area contributed by atoms with Crippen molar-refractivity contribution in [1.29, 1.82) is 0 Å². The number of carbonyl (C=O) groups excluding carboxylic acids is 2. The van der Waals surface area contributed by atoms with Crippen molar-refractivity contribution >= 4 is 29.2 Å². The van der Waals surface area contributed by atoms with Crippen LogP contribution in [0.4, 0.5) is 10.5 Å². The molecule has 2 N–H and O–H groups in total. The minimum absolute atomic E-state index is 0.147. The topological polar surface area (TPSA) is 70.7 Å². The summed E-state index contributed by atoms with van der Waals surface area (Å²) in [7, 11) is 0. The fourth-order valence-corrected chi connectivity index (χ4v) is 4.75. The molecule has 2 aliphatic heterocycles. The van der Waals surface area contributed by atoms with Crippen LogP contribution >= 0.6 is 11.6 Å². The van der Waals surface area contributed by atoms with Gasteiger partial charge in [0.25, 0.3) is 5.91 Å². The Kier molecular flexibility index (Phi) is 5.46. The second-order valence-electron chi connectivity index (χ2n) is 8.54. The van der Waals surface area contributed by atoms with E-state index in [1.165, 1.54) is 5.56 Å². The highest BCUT2D eigenvalue weighted by molar-refractivity contribution is 6.30. The summed E-state index contributed by atoms with van der Waals surface area (Å²) in [6.45, 7) is 2.45. The van der Waals surface area contributed by atoms with Crippen LogP contribution in [0.2, 0.25) is 5.02 Å². The van der Waals surface area contributed by atoms with Crippen molar-refractivity contribution in [3.63, 3.8) is 0 Å². The zero-order valence-corrected chi connectivity index (χ0v) is 18.9. The van der Waals surface area contributed by atoms with Gasteiger partial charge >= 0.3 is 6.03 Å². The molecule has 3 amide bonds. The number of anilines is 1. The van der Waals surface area contributed by atoms with Crippen molar-refractivity contribution in [3.8, 4) is 5.75 Å². The van der Waals surface area contributed by atoms with Crippen molar-refractivity contribution in [2.75, 3.05) is 11.4 Å². The molecule has 3 aromatic rings. The van der Waals surface area contributed by atoms with E-state index < -0.39 is 5.72 Å². The first-order valence-corrected chi connectivity index (χ1v) is 11.3. The van der Waals surface area contributed by atoms with Gasteiger partial charge in [-0.25, -0.2) is 4.79 Å². The monoisotopic (exact) mass is 461 g/mol. The van der Waals surface area contributed by atoms with E-state index >= 15 is 0 Å². The molecule has 0 saturated carbocycles. The van der Waals surface area contributed by atoms with Gasteiger partial charge in [-0.3, -0.25) is 9.69 Å². The molecule has 0 aromatic heterocycles. The third kappa shape index (κ3) is 4.14. The minimum atomic E-state index is -0.854. The lowest BCUT2D eigenvalue weighted by Crippen LogP contribution is -2.65. The fraction of sp³-hybridized carbons (Fsp3) is 0.231. The van der Waals surface area contributed by atoms with Crippen LogP contribution in [0.3, 0.4) is 0 Å². The van der Waals surface area contributed by atoms with Crippen LogP contribution in [0.25, 0.3) is 0 Å². The van der Waals surface area contributed by atoms with Crippen LogP contribution in [-0.4, -0.2) is 24.2 Å². The van der Waals surface area contributed by atoms with Crippen LogP contribution < -0.4 is 20.3 Å². The maximum atomic E-state index is 13.0. The Labute approximate surface area is 197 Å². The summed E-state index contributed by atoms with van der Waals surface area (Å²) in [4.78, 5) is 27.2. The second-order valence-corrected chi connectivity index (χ2v) is 8.98. The van der Waals surface area contributed by atoms with Crippen LogP contribution in [0, 0.1) is 0 Å². The minimum Gasteiger partial charge on any atom is -0.467 e. The third-order valence-electron chi connectivity index (χ3n) is 6.16. The lowest BCUT2D eigenvalue weighted by Gasteiger charge is -2.50. The summed E-state index contributed by atoms with van der Waals surface area (Å²) < 4.78 is 6.28. The Morgan fingerprint density at radius 2 is 1.91 bits per heavy atom. The number of rotatable bonds is 5. The van der Waals surface area contributed by atoms with Gasteiger partial charge in [0.15, 0.2) is 5.72 Å². The molecular formula is C26H24ClN3O3. The number of hydrogen-bond acceptors (Lipinski definition) is 3. The zero-order valence-electron chi connectivity index (χ0n) is 18.2. The normalized spacial score (nSPS) is 21.0. The standard InChI is InChI=1S/C26H24ClN3O3/c1-26-16-22(21-15-19(27)9-12-23(21)33-26)29-25(32)30(26)20-10-7-18(8-11-20)24(31)28-14-13-17-5-3-2-4-6-17/h2-12,15,22H,13-14,16H2,1H3,(H,28,31)(H,29,32). The first kappa shape index (κ1) is 21.3. The summed E-state index contributed by atoms with van der Waals surface area (Å²) in [6, 6.07) is 22.1. The highest BCUT2D eigenvalue weighted by atomic mass is 35.5. The van der Waals surface area contributed by atoms with E-state index in [-0.39, 0.29) is 18.0 Å². The highest BCUT2D eigenvalue weighted by Gasteiger charge is 2.49. The highest BCUT2D eigenvalue weighted by Crippen LogP contribution is 2.46. The van der Waals surface area contributed by atoms with Gasteiger partial charge in [-0.05, 0) is 61.4 Å². The Morgan fingerprint density at radius 1 is 1.15 bits per heavy atom. The van der Waals surface area contributed by atoms with Gasteiger partial charge in [-0.2, -0.15) is 0 Å². The largest absolute Gasteiger partial charge is 0.467 e. The maximum absolute atomic E-state index is 13.0. The summed E-state index contributed by atoms with van der Waals surface area (Å²) >= 11 is 6.14. The lowest BCUT2D eigenvalue weighted by atomic mass is 9.90. The molecule has 2 bridgehead atoms. The van der Waals surface area contributed by atoms with E-state index in [9.17, 15) is 9.59 Å². The van der Waals surface area contributed by atoms with Crippen LogP contribution in [-0.2, 0) is 6.42 Å². The maximum Gasteiger partial charge on any atom is 0.325 e. The van der Waals surface area contributed by atoms with Crippen molar-refractivity contribution < 1.29 is 14.3 Å². The van der Waals surface area contributed by atoms with Crippen LogP contribution in [0.1, 0.15) is 40.9 Å².